The fraction of sp³-hybridized carbons (Fsp3) is 0.353. The molecule has 2 heterocycles. The van der Waals surface area contributed by atoms with Crippen LogP contribution in [0.2, 0.25) is 0 Å². The van der Waals surface area contributed by atoms with Crippen molar-refractivity contribution in [2.24, 2.45) is 0 Å². The number of aryl methyl sites for hydroxylation is 1. The molecule has 1 aliphatic heterocycles. The van der Waals surface area contributed by atoms with Crippen LogP contribution in [-0.2, 0) is 19.1 Å². The van der Waals surface area contributed by atoms with Crippen molar-refractivity contribution >= 4 is 12.2 Å². The summed E-state index contributed by atoms with van der Waals surface area (Å²) in [7, 11) is 0. The monoisotopic (exact) mass is 383 g/mol. The Balaban J connectivity index is 2.02. The number of alkyl halides is 3. The van der Waals surface area contributed by atoms with Gasteiger partial charge in [0.15, 0.2) is 5.69 Å². The number of nitrogens with zero attached hydrogens (tertiary/aromatic N) is 3. The molecule has 1 aromatic carbocycles. The molecule has 0 fully saturated rings. The van der Waals surface area contributed by atoms with Gasteiger partial charge < -0.3 is 14.8 Å². The van der Waals surface area contributed by atoms with E-state index in [1.807, 2.05) is 0 Å². The Labute approximate surface area is 151 Å². The summed E-state index contributed by atoms with van der Waals surface area (Å²) in [4.78, 5) is 26.0. The van der Waals surface area contributed by atoms with Crippen molar-refractivity contribution in [2.45, 2.75) is 38.5 Å². The molecule has 3 rings (SSSR count). The van der Waals surface area contributed by atoms with Gasteiger partial charge in [0.2, 0.25) is 0 Å². The summed E-state index contributed by atoms with van der Waals surface area (Å²) in [5.74, 6) is 0.196. The molecule has 0 saturated carbocycles. The van der Waals surface area contributed by atoms with Gasteiger partial charge in [-0.25, -0.2) is 19.5 Å². The van der Waals surface area contributed by atoms with Gasteiger partial charge in [0.05, 0.1) is 6.54 Å². The number of hydrogen-bond acceptors (Lipinski definition) is 3. The molecule has 1 aromatic heterocycles. The van der Waals surface area contributed by atoms with E-state index >= 15 is 0 Å². The Bertz CT molecular complexity index is 893. The smallest absolute Gasteiger partial charge is 0.434 e. The third kappa shape index (κ3) is 3.60. The predicted molar refractivity (Wildman–Crippen MR) is 87.3 cm³/mol. The molecular formula is C17H16F3N3O4. The molecule has 27 heavy (non-hydrogen) atoms. The Morgan fingerprint density at radius 2 is 1.96 bits per heavy atom. The summed E-state index contributed by atoms with van der Waals surface area (Å²) in [6.07, 6.45) is -5.64. The Kier molecular flexibility index (Phi) is 4.58. The van der Waals surface area contributed by atoms with E-state index in [0.29, 0.717) is 29.5 Å². The predicted octanol–water partition coefficient (Wildman–Crippen LogP) is 4.23. The van der Waals surface area contributed by atoms with Gasteiger partial charge in [-0.1, -0.05) is 18.2 Å². The van der Waals surface area contributed by atoms with Crippen LogP contribution in [0, 0.1) is 0 Å². The van der Waals surface area contributed by atoms with Crippen molar-refractivity contribution in [2.75, 3.05) is 0 Å². The fourth-order valence-electron chi connectivity index (χ4n) is 3.14. The number of amides is 2. The van der Waals surface area contributed by atoms with Crippen LogP contribution < -0.4 is 0 Å². The van der Waals surface area contributed by atoms with Crippen molar-refractivity contribution in [1.29, 1.82) is 0 Å². The zero-order valence-electron chi connectivity index (χ0n) is 14.2. The first-order chi connectivity index (χ1) is 12.6. The van der Waals surface area contributed by atoms with Crippen molar-refractivity contribution in [3.05, 3.63) is 41.2 Å². The second-order valence-electron chi connectivity index (χ2n) is 6.39. The first-order valence-corrected chi connectivity index (χ1v) is 8.09. The number of imide groups is 1. The number of aromatic nitrogens is 2. The van der Waals surface area contributed by atoms with Crippen LogP contribution >= 0.6 is 0 Å². The van der Waals surface area contributed by atoms with Crippen LogP contribution in [0.4, 0.5) is 22.8 Å². The Morgan fingerprint density at radius 3 is 2.56 bits per heavy atom. The lowest BCUT2D eigenvalue weighted by molar-refractivity contribution is -0.140. The van der Waals surface area contributed by atoms with Gasteiger partial charge in [-0.15, -0.1) is 0 Å². The lowest BCUT2D eigenvalue weighted by atomic mass is 9.99. The molecule has 2 N–H and O–H groups in total. The number of carbonyl (C=O) groups is 2. The van der Waals surface area contributed by atoms with Crippen molar-refractivity contribution in [1.82, 2.24) is 14.5 Å². The standard InChI is InChI=1S/C17H16F3N3O4/c1-9-2-4-11-6-10(7-23(15(24)25)16(26)27)3-5-12(11)14-21-13(8-22(9)14)17(18,19)20/h3,5-6,8-9H,2,4,7H2,1H3,(H,24,25)(H,26,27). The second-order valence-corrected chi connectivity index (χ2v) is 6.39. The number of halogens is 3. The third-order valence-corrected chi connectivity index (χ3v) is 4.54. The molecule has 0 spiro atoms. The number of imidazole rings is 1. The number of rotatable bonds is 2. The van der Waals surface area contributed by atoms with E-state index in [-0.39, 0.29) is 23.3 Å². The zero-order valence-corrected chi connectivity index (χ0v) is 14.2. The number of fused-ring (bicyclic) bond motifs is 3. The van der Waals surface area contributed by atoms with Crippen LogP contribution in [0.3, 0.4) is 0 Å². The third-order valence-electron chi connectivity index (χ3n) is 4.54. The summed E-state index contributed by atoms with van der Waals surface area (Å²) >= 11 is 0. The molecule has 1 atom stereocenters. The van der Waals surface area contributed by atoms with Gasteiger partial charge >= 0.3 is 18.4 Å². The van der Waals surface area contributed by atoms with E-state index in [2.05, 4.69) is 4.98 Å². The van der Waals surface area contributed by atoms with Gasteiger partial charge in [0, 0.05) is 17.8 Å². The highest BCUT2D eigenvalue weighted by Crippen LogP contribution is 2.37. The number of benzene rings is 1. The molecular weight excluding hydrogens is 367 g/mol. The average Bonchev–Trinajstić information content (AvgIpc) is 2.98. The zero-order chi connectivity index (χ0) is 19.9. The highest BCUT2D eigenvalue weighted by atomic mass is 19.4. The summed E-state index contributed by atoms with van der Waals surface area (Å²) in [5.41, 5.74) is 0.690. The first-order valence-electron chi connectivity index (χ1n) is 8.09. The molecule has 2 amide bonds. The van der Waals surface area contributed by atoms with Crippen molar-refractivity contribution in [3.63, 3.8) is 0 Å². The molecule has 0 saturated heterocycles. The maximum Gasteiger partial charge on any atom is 0.434 e. The lowest BCUT2D eigenvalue weighted by Gasteiger charge is -2.15. The molecule has 144 valence electrons. The van der Waals surface area contributed by atoms with Crippen molar-refractivity contribution in [3.8, 4) is 11.4 Å². The van der Waals surface area contributed by atoms with Gasteiger partial charge in [-0.3, -0.25) is 0 Å². The van der Waals surface area contributed by atoms with E-state index < -0.39 is 24.1 Å². The second kappa shape index (κ2) is 6.60. The van der Waals surface area contributed by atoms with E-state index in [0.717, 1.165) is 6.20 Å². The minimum absolute atomic E-state index is 0.196. The van der Waals surface area contributed by atoms with E-state index in [1.54, 1.807) is 19.1 Å². The average molecular weight is 383 g/mol. The van der Waals surface area contributed by atoms with Crippen LogP contribution in [0.5, 0.6) is 0 Å². The van der Waals surface area contributed by atoms with Crippen LogP contribution in [0.25, 0.3) is 11.4 Å². The molecule has 7 nitrogen and oxygen atoms in total. The van der Waals surface area contributed by atoms with Crippen molar-refractivity contribution < 1.29 is 33.0 Å². The summed E-state index contributed by atoms with van der Waals surface area (Å²) in [5, 5.41) is 17.9. The minimum Gasteiger partial charge on any atom is -0.465 e. The molecule has 2 aromatic rings. The van der Waals surface area contributed by atoms with E-state index in [1.165, 1.54) is 10.6 Å². The normalized spacial score (nSPS) is 16.2. The number of carboxylic acid groups (broad SMARTS) is 2. The quantitative estimate of drug-likeness (QED) is 0.809. The molecule has 0 aliphatic carbocycles. The molecule has 1 unspecified atom stereocenters. The van der Waals surface area contributed by atoms with Gasteiger partial charge in [-0.05, 0) is 30.9 Å². The fourth-order valence-corrected chi connectivity index (χ4v) is 3.14. The first kappa shape index (κ1) is 18.7. The minimum atomic E-state index is -4.55. The highest BCUT2D eigenvalue weighted by molar-refractivity contribution is 5.85. The van der Waals surface area contributed by atoms with E-state index in [4.69, 9.17) is 10.2 Å². The molecule has 10 heteroatoms. The largest absolute Gasteiger partial charge is 0.465 e. The maximum absolute atomic E-state index is 13.0. The van der Waals surface area contributed by atoms with Gasteiger partial charge in [-0.2, -0.15) is 13.2 Å². The van der Waals surface area contributed by atoms with Crippen LogP contribution in [-0.4, -0.2) is 36.9 Å². The molecule has 0 radical (unpaired) electrons. The Morgan fingerprint density at radius 1 is 1.30 bits per heavy atom. The summed E-state index contributed by atoms with van der Waals surface area (Å²) < 4.78 is 40.6. The lowest BCUT2D eigenvalue weighted by Crippen LogP contribution is -2.33. The maximum atomic E-state index is 13.0. The van der Waals surface area contributed by atoms with Gasteiger partial charge in [0.1, 0.15) is 5.82 Å². The summed E-state index contributed by atoms with van der Waals surface area (Å²) in [6, 6.07) is 4.48. The molecule has 1 aliphatic rings. The number of hydrogen-bond donors (Lipinski definition) is 2. The van der Waals surface area contributed by atoms with E-state index in [9.17, 15) is 22.8 Å². The summed E-state index contributed by atoms with van der Waals surface area (Å²) in [6.45, 7) is 1.43. The van der Waals surface area contributed by atoms with Crippen LogP contribution in [0.1, 0.15) is 36.2 Å². The topological polar surface area (TPSA) is 95.7 Å². The SMILES string of the molecule is CC1CCc2cc(CN(C(=O)O)C(=O)O)ccc2-c2nc(C(F)(F)F)cn21. The van der Waals surface area contributed by atoms with Gasteiger partial charge in [0.25, 0.3) is 0 Å². The Hall–Kier alpha value is -3.04. The molecule has 0 bridgehead atoms. The highest BCUT2D eigenvalue weighted by Gasteiger charge is 2.36. The van der Waals surface area contributed by atoms with Crippen LogP contribution in [0.15, 0.2) is 24.4 Å².